The number of nitrogen functional groups attached to an aromatic ring is 1. The van der Waals surface area contributed by atoms with E-state index in [9.17, 15) is 8.42 Å². The van der Waals surface area contributed by atoms with Crippen LogP contribution in [0.25, 0.3) is 0 Å². The molecule has 0 aromatic carbocycles. The maximum Gasteiger partial charge on any atom is 0.279 e. The molecule has 0 aliphatic carbocycles. The van der Waals surface area contributed by atoms with Crippen molar-refractivity contribution in [3.8, 4) is 0 Å². The van der Waals surface area contributed by atoms with E-state index in [1.165, 1.54) is 25.0 Å². The molecule has 0 bridgehead atoms. The zero-order valence-electron chi connectivity index (χ0n) is 8.93. The lowest BCUT2D eigenvalue weighted by Crippen LogP contribution is -2.35. The van der Waals surface area contributed by atoms with Crippen LogP contribution in [0.3, 0.4) is 0 Å². The number of nitrogens with two attached hydrogens (primary N) is 1. The van der Waals surface area contributed by atoms with Crippen molar-refractivity contribution in [3.05, 3.63) is 11.8 Å². The van der Waals surface area contributed by atoms with E-state index in [4.69, 9.17) is 5.73 Å². The summed E-state index contributed by atoms with van der Waals surface area (Å²) in [6.45, 7) is 0.139. The molecule has 15 heavy (non-hydrogen) atoms. The fourth-order valence-corrected chi connectivity index (χ4v) is 1.52. The molecule has 1 heterocycles. The van der Waals surface area contributed by atoms with Crippen molar-refractivity contribution in [1.29, 1.82) is 0 Å². The van der Waals surface area contributed by atoms with E-state index in [0.717, 1.165) is 4.31 Å². The molecule has 0 aliphatic rings. The quantitative estimate of drug-likeness (QED) is 0.690. The van der Waals surface area contributed by atoms with E-state index in [0.29, 0.717) is 11.4 Å². The summed E-state index contributed by atoms with van der Waals surface area (Å²) in [5.41, 5.74) is 6.32. The van der Waals surface area contributed by atoms with Crippen LogP contribution in [-0.4, -0.2) is 36.6 Å². The van der Waals surface area contributed by atoms with Crippen LogP contribution in [0.5, 0.6) is 0 Å². The molecule has 1 aromatic heterocycles. The molecule has 0 saturated carbocycles. The Morgan fingerprint density at radius 3 is 2.60 bits per heavy atom. The van der Waals surface area contributed by atoms with Gasteiger partial charge in [0.05, 0.1) is 6.20 Å². The molecule has 0 radical (unpaired) electrons. The first kappa shape index (κ1) is 12.0. The van der Waals surface area contributed by atoms with Crippen molar-refractivity contribution in [2.24, 2.45) is 7.05 Å². The summed E-state index contributed by atoms with van der Waals surface area (Å²) >= 11 is 0. The largest absolute Gasteiger partial charge is 0.384 e. The van der Waals surface area contributed by atoms with Crippen LogP contribution in [0.2, 0.25) is 0 Å². The minimum absolute atomic E-state index is 0.139. The minimum atomic E-state index is -3.41. The highest BCUT2D eigenvalue weighted by Gasteiger charge is 2.14. The average Bonchev–Trinajstić information content (AvgIpc) is 2.45. The van der Waals surface area contributed by atoms with E-state index in [-0.39, 0.29) is 6.54 Å². The Morgan fingerprint density at radius 2 is 2.20 bits per heavy atom. The van der Waals surface area contributed by atoms with Gasteiger partial charge >= 0.3 is 0 Å². The zero-order valence-corrected chi connectivity index (χ0v) is 9.74. The number of nitrogens with one attached hydrogen (secondary N) is 1. The molecule has 7 nitrogen and oxygen atoms in total. The Kier molecular flexibility index (Phi) is 3.32. The van der Waals surface area contributed by atoms with Crippen LogP contribution in [0, 0.1) is 0 Å². The van der Waals surface area contributed by atoms with Crippen molar-refractivity contribution in [2.75, 3.05) is 19.8 Å². The van der Waals surface area contributed by atoms with E-state index in [2.05, 4.69) is 9.82 Å². The smallest absolute Gasteiger partial charge is 0.279 e. The topological polar surface area (TPSA) is 93.2 Å². The van der Waals surface area contributed by atoms with Crippen LogP contribution in [0.4, 0.5) is 5.82 Å². The molecule has 1 aromatic rings. The number of rotatable bonds is 4. The summed E-state index contributed by atoms with van der Waals surface area (Å²) in [7, 11) is 1.19. The van der Waals surface area contributed by atoms with Gasteiger partial charge < -0.3 is 5.73 Å². The Bertz CT molecular complexity index is 436. The van der Waals surface area contributed by atoms with E-state index in [1.807, 2.05) is 0 Å². The van der Waals surface area contributed by atoms with Gasteiger partial charge in [-0.3, -0.25) is 4.68 Å². The Labute approximate surface area is 89.0 Å². The molecule has 0 aliphatic heterocycles. The minimum Gasteiger partial charge on any atom is -0.384 e. The van der Waals surface area contributed by atoms with Gasteiger partial charge in [-0.25, -0.2) is 0 Å². The fraction of sp³-hybridized carbons (Fsp3) is 0.571. The van der Waals surface area contributed by atoms with E-state index < -0.39 is 10.2 Å². The molecule has 0 unspecified atom stereocenters. The summed E-state index contributed by atoms with van der Waals surface area (Å²) < 4.78 is 27.7. The highest BCUT2D eigenvalue weighted by atomic mass is 32.2. The second-order valence-electron chi connectivity index (χ2n) is 3.29. The Balaban J connectivity index is 2.70. The highest BCUT2D eigenvalue weighted by molar-refractivity contribution is 7.87. The first-order valence-electron chi connectivity index (χ1n) is 4.28. The molecule has 0 fully saturated rings. The van der Waals surface area contributed by atoms with E-state index >= 15 is 0 Å². The van der Waals surface area contributed by atoms with Gasteiger partial charge in [-0.05, 0) is 0 Å². The first-order valence-corrected chi connectivity index (χ1v) is 5.72. The lowest BCUT2D eigenvalue weighted by molar-refractivity contribution is 0.505. The number of hydrogen-bond donors (Lipinski definition) is 2. The summed E-state index contributed by atoms with van der Waals surface area (Å²) in [4.78, 5) is 0. The van der Waals surface area contributed by atoms with Crippen LogP contribution in [-0.2, 0) is 23.8 Å². The average molecular weight is 233 g/mol. The monoisotopic (exact) mass is 233 g/mol. The van der Waals surface area contributed by atoms with Crippen molar-refractivity contribution in [3.63, 3.8) is 0 Å². The fourth-order valence-electron chi connectivity index (χ4n) is 0.927. The number of aromatic nitrogens is 2. The van der Waals surface area contributed by atoms with Gasteiger partial charge in [-0.2, -0.15) is 22.5 Å². The maximum absolute atomic E-state index is 11.4. The summed E-state index contributed by atoms with van der Waals surface area (Å²) in [5.74, 6) is 0.455. The lowest BCUT2D eigenvalue weighted by Gasteiger charge is -2.11. The van der Waals surface area contributed by atoms with Crippen molar-refractivity contribution in [2.45, 2.75) is 6.54 Å². The molecule has 8 heteroatoms. The Morgan fingerprint density at radius 1 is 1.60 bits per heavy atom. The molecule has 0 saturated heterocycles. The van der Waals surface area contributed by atoms with Crippen LogP contribution in [0.15, 0.2) is 6.20 Å². The van der Waals surface area contributed by atoms with Gasteiger partial charge in [0, 0.05) is 33.3 Å². The van der Waals surface area contributed by atoms with Crippen molar-refractivity contribution < 1.29 is 8.42 Å². The number of hydrogen-bond acceptors (Lipinski definition) is 4. The van der Waals surface area contributed by atoms with Gasteiger partial charge in [0.25, 0.3) is 10.2 Å². The predicted octanol–water partition coefficient (Wildman–Crippen LogP) is -1.10. The molecule has 0 spiro atoms. The van der Waals surface area contributed by atoms with Gasteiger partial charge in [0.2, 0.25) is 0 Å². The third kappa shape index (κ3) is 2.67. The molecule has 3 N–H and O–H groups in total. The molecule has 0 atom stereocenters. The SMILES string of the molecule is CN(C)S(=O)(=O)NCc1cnn(C)c1N. The standard InChI is InChI=1S/C7H15N5O2S/c1-11(2)15(13,14)10-5-6-4-9-12(3)7(6)8/h4,10H,5,8H2,1-3H3. The van der Waals surface area contributed by atoms with Crippen molar-refractivity contribution in [1.82, 2.24) is 18.8 Å². The van der Waals surface area contributed by atoms with Gasteiger partial charge in [-0.1, -0.05) is 0 Å². The van der Waals surface area contributed by atoms with Crippen molar-refractivity contribution >= 4 is 16.0 Å². The van der Waals surface area contributed by atoms with Gasteiger partial charge in [0.1, 0.15) is 5.82 Å². The number of anilines is 1. The summed E-state index contributed by atoms with van der Waals surface area (Å²) in [5, 5.41) is 3.90. The molecular formula is C7H15N5O2S. The second-order valence-corrected chi connectivity index (χ2v) is 5.26. The first-order chi connectivity index (χ1) is 6.84. The normalized spacial score (nSPS) is 12.3. The zero-order chi connectivity index (χ0) is 11.6. The summed E-state index contributed by atoms with van der Waals surface area (Å²) in [6.07, 6.45) is 1.54. The summed E-state index contributed by atoms with van der Waals surface area (Å²) in [6, 6.07) is 0. The molecule has 1 rings (SSSR count). The molecule has 86 valence electrons. The van der Waals surface area contributed by atoms with Crippen LogP contribution < -0.4 is 10.5 Å². The lowest BCUT2D eigenvalue weighted by atomic mass is 10.3. The van der Waals surface area contributed by atoms with Crippen LogP contribution >= 0.6 is 0 Å². The Hall–Kier alpha value is -1.12. The molecular weight excluding hydrogens is 218 g/mol. The highest BCUT2D eigenvalue weighted by Crippen LogP contribution is 2.08. The van der Waals surface area contributed by atoms with Gasteiger partial charge in [0.15, 0.2) is 0 Å². The maximum atomic E-state index is 11.4. The van der Waals surface area contributed by atoms with Gasteiger partial charge in [-0.15, -0.1) is 0 Å². The van der Waals surface area contributed by atoms with E-state index in [1.54, 1.807) is 7.05 Å². The third-order valence-corrected chi connectivity index (χ3v) is 3.46. The number of nitrogens with zero attached hydrogens (tertiary/aromatic N) is 3. The van der Waals surface area contributed by atoms with Crippen LogP contribution in [0.1, 0.15) is 5.56 Å². The number of aryl methyl sites for hydroxylation is 1. The second kappa shape index (κ2) is 4.17. The predicted molar refractivity (Wildman–Crippen MR) is 57.1 cm³/mol. The third-order valence-electron chi connectivity index (χ3n) is 1.99. The molecule has 0 amide bonds.